The molecule has 1 aliphatic heterocycles. The predicted octanol–water partition coefficient (Wildman–Crippen LogP) is 3.20. The third-order valence-corrected chi connectivity index (χ3v) is 4.26. The van der Waals surface area contributed by atoms with Crippen molar-refractivity contribution >= 4 is 5.96 Å². The molecule has 0 spiro atoms. The second-order valence-electron chi connectivity index (χ2n) is 7.06. The minimum atomic E-state index is 0.687. The fraction of sp³-hybridized carbons (Fsp3) is 0.947. The second-order valence-corrected chi connectivity index (χ2v) is 7.06. The summed E-state index contributed by atoms with van der Waals surface area (Å²) in [6.07, 6.45) is 7.06. The van der Waals surface area contributed by atoms with Crippen molar-refractivity contribution in [3.63, 3.8) is 0 Å². The molecule has 0 aromatic carbocycles. The van der Waals surface area contributed by atoms with E-state index in [2.05, 4.69) is 36.4 Å². The number of ether oxygens (including phenoxy) is 2. The zero-order valence-electron chi connectivity index (χ0n) is 16.1. The summed E-state index contributed by atoms with van der Waals surface area (Å²) in [4.78, 5) is 4.62. The smallest absolute Gasteiger partial charge is 0.191 e. The largest absolute Gasteiger partial charge is 0.381 e. The molecule has 24 heavy (non-hydrogen) atoms. The van der Waals surface area contributed by atoms with E-state index < -0.39 is 0 Å². The molecular formula is C19H39N3O2. The molecule has 0 unspecified atom stereocenters. The van der Waals surface area contributed by atoms with E-state index in [1.807, 2.05) is 0 Å². The van der Waals surface area contributed by atoms with Gasteiger partial charge in [-0.25, -0.2) is 0 Å². The van der Waals surface area contributed by atoms with Crippen LogP contribution in [0.3, 0.4) is 0 Å². The highest BCUT2D eigenvalue weighted by Crippen LogP contribution is 2.14. The van der Waals surface area contributed by atoms with Crippen LogP contribution in [-0.4, -0.2) is 52.0 Å². The van der Waals surface area contributed by atoms with E-state index in [1.54, 1.807) is 0 Å². The summed E-state index contributed by atoms with van der Waals surface area (Å²) in [7, 11) is 0. The van der Waals surface area contributed by atoms with Gasteiger partial charge in [0.1, 0.15) is 0 Å². The standard InChI is InChI=1S/C19H39N3O2/c1-4-20-19(21-11-6-5-8-17(2)3)22-12-7-13-24-16-18-9-14-23-15-10-18/h17-18H,4-16H2,1-3H3,(H2,20,21,22). The van der Waals surface area contributed by atoms with Crippen LogP contribution in [0.5, 0.6) is 0 Å². The van der Waals surface area contributed by atoms with Crippen LogP contribution < -0.4 is 10.6 Å². The fourth-order valence-electron chi connectivity index (χ4n) is 2.75. The average molecular weight is 342 g/mol. The van der Waals surface area contributed by atoms with Crippen molar-refractivity contribution in [2.45, 2.75) is 59.3 Å². The monoisotopic (exact) mass is 341 g/mol. The molecule has 1 saturated heterocycles. The number of hydrogen-bond donors (Lipinski definition) is 2. The molecule has 0 radical (unpaired) electrons. The Morgan fingerprint density at radius 2 is 1.96 bits per heavy atom. The van der Waals surface area contributed by atoms with Gasteiger partial charge in [-0.2, -0.15) is 0 Å². The molecule has 1 fully saturated rings. The molecule has 0 saturated carbocycles. The van der Waals surface area contributed by atoms with Gasteiger partial charge in [-0.05, 0) is 44.4 Å². The van der Waals surface area contributed by atoms with E-state index in [0.29, 0.717) is 5.92 Å². The minimum Gasteiger partial charge on any atom is -0.381 e. The number of nitrogens with one attached hydrogen (secondary N) is 2. The number of aliphatic imine (C=N–C) groups is 1. The molecular weight excluding hydrogens is 302 g/mol. The Kier molecular flexibility index (Phi) is 12.9. The average Bonchev–Trinajstić information content (AvgIpc) is 2.58. The predicted molar refractivity (Wildman–Crippen MR) is 102 cm³/mol. The highest BCUT2D eigenvalue weighted by atomic mass is 16.5. The van der Waals surface area contributed by atoms with Gasteiger partial charge in [0, 0.05) is 46.1 Å². The van der Waals surface area contributed by atoms with Crippen LogP contribution in [0.15, 0.2) is 4.99 Å². The Hall–Kier alpha value is -0.810. The topological polar surface area (TPSA) is 54.9 Å². The zero-order valence-corrected chi connectivity index (χ0v) is 16.1. The maximum Gasteiger partial charge on any atom is 0.191 e. The molecule has 5 nitrogen and oxygen atoms in total. The van der Waals surface area contributed by atoms with Gasteiger partial charge >= 0.3 is 0 Å². The number of unbranched alkanes of at least 4 members (excludes halogenated alkanes) is 1. The lowest BCUT2D eigenvalue weighted by molar-refractivity contribution is 0.0205. The van der Waals surface area contributed by atoms with Gasteiger partial charge in [-0.15, -0.1) is 0 Å². The molecule has 2 N–H and O–H groups in total. The Morgan fingerprint density at radius 3 is 2.67 bits per heavy atom. The van der Waals surface area contributed by atoms with Crippen LogP contribution in [-0.2, 0) is 9.47 Å². The quantitative estimate of drug-likeness (QED) is 0.325. The van der Waals surface area contributed by atoms with Gasteiger partial charge < -0.3 is 20.1 Å². The normalized spacial score (nSPS) is 16.6. The molecule has 5 heteroatoms. The van der Waals surface area contributed by atoms with Gasteiger partial charge in [0.2, 0.25) is 0 Å². The van der Waals surface area contributed by atoms with Crippen molar-refractivity contribution in [3.05, 3.63) is 0 Å². The SMILES string of the molecule is CCNC(=NCCCOCC1CCOCC1)NCCCCC(C)C. The number of guanidine groups is 1. The Morgan fingerprint density at radius 1 is 1.17 bits per heavy atom. The van der Waals surface area contributed by atoms with Crippen molar-refractivity contribution in [1.82, 2.24) is 10.6 Å². The lowest BCUT2D eigenvalue weighted by Gasteiger charge is -2.21. The number of rotatable bonds is 12. The highest BCUT2D eigenvalue weighted by Gasteiger charge is 2.13. The summed E-state index contributed by atoms with van der Waals surface area (Å²) >= 11 is 0. The van der Waals surface area contributed by atoms with E-state index in [4.69, 9.17) is 9.47 Å². The number of hydrogen-bond acceptors (Lipinski definition) is 3. The van der Waals surface area contributed by atoms with Gasteiger partial charge in [-0.1, -0.05) is 26.7 Å². The van der Waals surface area contributed by atoms with Crippen molar-refractivity contribution < 1.29 is 9.47 Å². The Bertz CT molecular complexity index is 316. The molecule has 0 aromatic rings. The van der Waals surface area contributed by atoms with Crippen LogP contribution in [0, 0.1) is 11.8 Å². The third kappa shape index (κ3) is 11.7. The van der Waals surface area contributed by atoms with Gasteiger partial charge in [0.05, 0.1) is 0 Å². The summed E-state index contributed by atoms with van der Waals surface area (Å²) in [6, 6.07) is 0. The fourth-order valence-corrected chi connectivity index (χ4v) is 2.75. The Balaban J connectivity index is 2.04. The van der Waals surface area contributed by atoms with Crippen LogP contribution in [0.2, 0.25) is 0 Å². The molecule has 142 valence electrons. The maximum atomic E-state index is 5.78. The van der Waals surface area contributed by atoms with Crippen molar-refractivity contribution in [3.8, 4) is 0 Å². The Labute approximate surface area is 149 Å². The summed E-state index contributed by atoms with van der Waals surface area (Å²) < 4.78 is 11.2. The zero-order chi connectivity index (χ0) is 17.5. The summed E-state index contributed by atoms with van der Waals surface area (Å²) in [5, 5.41) is 6.73. The minimum absolute atomic E-state index is 0.687. The van der Waals surface area contributed by atoms with E-state index in [1.165, 1.54) is 19.3 Å². The van der Waals surface area contributed by atoms with Crippen LogP contribution >= 0.6 is 0 Å². The van der Waals surface area contributed by atoms with Gasteiger partial charge in [-0.3, -0.25) is 4.99 Å². The lowest BCUT2D eigenvalue weighted by Crippen LogP contribution is -2.37. The second kappa shape index (κ2) is 14.5. The highest BCUT2D eigenvalue weighted by molar-refractivity contribution is 5.79. The van der Waals surface area contributed by atoms with Gasteiger partial charge in [0.25, 0.3) is 0 Å². The lowest BCUT2D eigenvalue weighted by atomic mass is 10.0. The van der Waals surface area contributed by atoms with Crippen molar-refractivity contribution in [2.24, 2.45) is 16.8 Å². The van der Waals surface area contributed by atoms with Crippen LogP contribution in [0.4, 0.5) is 0 Å². The third-order valence-electron chi connectivity index (χ3n) is 4.26. The molecule has 1 rings (SSSR count). The summed E-state index contributed by atoms with van der Waals surface area (Å²) in [5.74, 6) is 2.42. The first kappa shape index (κ1) is 21.2. The van der Waals surface area contributed by atoms with E-state index in [9.17, 15) is 0 Å². The van der Waals surface area contributed by atoms with E-state index in [0.717, 1.165) is 77.2 Å². The molecule has 0 aromatic heterocycles. The number of nitrogens with zero attached hydrogens (tertiary/aromatic N) is 1. The molecule has 1 heterocycles. The maximum absolute atomic E-state index is 5.78. The van der Waals surface area contributed by atoms with E-state index in [-0.39, 0.29) is 0 Å². The summed E-state index contributed by atoms with van der Waals surface area (Å²) in [6.45, 7) is 12.8. The molecule has 0 bridgehead atoms. The first-order valence-corrected chi connectivity index (χ1v) is 9.90. The van der Waals surface area contributed by atoms with Crippen molar-refractivity contribution in [2.75, 3.05) is 46.1 Å². The van der Waals surface area contributed by atoms with Crippen LogP contribution in [0.25, 0.3) is 0 Å². The summed E-state index contributed by atoms with van der Waals surface area (Å²) in [5.41, 5.74) is 0. The van der Waals surface area contributed by atoms with Gasteiger partial charge in [0.15, 0.2) is 5.96 Å². The first-order chi connectivity index (χ1) is 11.7. The first-order valence-electron chi connectivity index (χ1n) is 9.90. The molecule has 0 aliphatic carbocycles. The molecule has 0 amide bonds. The molecule has 0 atom stereocenters. The van der Waals surface area contributed by atoms with Crippen molar-refractivity contribution in [1.29, 1.82) is 0 Å². The van der Waals surface area contributed by atoms with E-state index >= 15 is 0 Å². The molecule has 1 aliphatic rings. The van der Waals surface area contributed by atoms with Crippen LogP contribution in [0.1, 0.15) is 59.3 Å².